The van der Waals surface area contributed by atoms with Gasteiger partial charge in [0.05, 0.1) is 36.8 Å². The topological polar surface area (TPSA) is 189 Å². The van der Waals surface area contributed by atoms with Crippen molar-refractivity contribution in [3.8, 4) is 0 Å². The maximum Gasteiger partial charge on any atom is 0.408 e. The number of rotatable bonds is 9. The summed E-state index contributed by atoms with van der Waals surface area (Å²) in [7, 11) is 3.72. The molecule has 338 valence electrons. The van der Waals surface area contributed by atoms with Crippen LogP contribution in [0, 0.1) is 123 Å². The van der Waals surface area contributed by atoms with E-state index in [-0.39, 0.29) is 132 Å². The zero-order valence-corrected chi connectivity index (χ0v) is 47.7. The molecule has 4 fully saturated rings. The Morgan fingerprint density at radius 3 is 2.17 bits per heavy atom. The number of carbonyl (C=O) groups excluding carboxylic acids is 4. The van der Waals surface area contributed by atoms with Crippen molar-refractivity contribution in [1.82, 2.24) is 10.2 Å². The zero-order valence-electron chi connectivity index (χ0n) is 38.2. The maximum absolute atomic E-state index is 14.6. The third-order valence-electron chi connectivity index (χ3n) is 13.3. The number of nitrogens with one attached hydrogen (secondary N) is 1. The van der Waals surface area contributed by atoms with Gasteiger partial charge in [0.1, 0.15) is 35.3 Å². The zero-order chi connectivity index (χ0) is 43.7. The Morgan fingerprint density at radius 2 is 1.60 bits per heavy atom. The Kier molecular flexibility index (Phi) is 21.7. The van der Waals surface area contributed by atoms with Crippen LogP contribution in [0.3, 0.4) is 0 Å². The van der Waals surface area contributed by atoms with E-state index >= 15 is 0 Å². The number of fused-ring (bicyclic) bond motifs is 1. The molecule has 2 unspecified atom stereocenters. The average molecular weight is 1280 g/mol. The van der Waals surface area contributed by atoms with Gasteiger partial charge in [0.2, 0.25) is 0 Å². The number of esters is 2. The second kappa shape index (κ2) is 23.1. The van der Waals surface area contributed by atoms with E-state index in [1.807, 2.05) is 46.7 Å². The molecular weight excluding hydrogens is 1210 g/mol. The Labute approximate surface area is 429 Å². The molecular formula is C43H72Ac2N2O13. The second-order valence-corrected chi connectivity index (χ2v) is 18.8. The van der Waals surface area contributed by atoms with Gasteiger partial charge in [-0.2, -0.15) is 0 Å². The summed E-state index contributed by atoms with van der Waals surface area (Å²) in [5.74, 6) is -5.34. The van der Waals surface area contributed by atoms with Crippen molar-refractivity contribution in [2.24, 2.45) is 35.0 Å². The van der Waals surface area contributed by atoms with Crippen LogP contribution in [-0.2, 0) is 47.5 Å². The molecule has 0 aromatic carbocycles. The molecule has 1 amide bonds. The maximum atomic E-state index is 14.6. The molecule has 0 aliphatic carbocycles. The second-order valence-electron chi connectivity index (χ2n) is 18.8. The predicted molar refractivity (Wildman–Crippen MR) is 213 cm³/mol. The molecule has 4 rings (SSSR count). The summed E-state index contributed by atoms with van der Waals surface area (Å²) in [6.07, 6.45) is -6.45. The monoisotopic (exact) mass is 1280 g/mol. The van der Waals surface area contributed by atoms with Crippen molar-refractivity contribution < 1.29 is 151 Å². The number of alkyl carbamates (subject to hydrolysis) is 1. The van der Waals surface area contributed by atoms with E-state index in [2.05, 4.69) is 11.9 Å². The number of aliphatic hydroxyl groups excluding tert-OH is 2. The molecule has 0 saturated carbocycles. The van der Waals surface area contributed by atoms with Crippen molar-refractivity contribution in [2.45, 2.75) is 181 Å². The number of ether oxygens (including phenoxy) is 7. The van der Waals surface area contributed by atoms with Crippen LogP contribution in [0.25, 0.3) is 0 Å². The quantitative estimate of drug-likeness (QED) is 0.166. The molecule has 0 spiro atoms. The summed E-state index contributed by atoms with van der Waals surface area (Å²) in [5, 5.41) is 25.4. The molecule has 0 aromatic rings. The summed E-state index contributed by atoms with van der Waals surface area (Å²) in [4.78, 5) is 57.7. The third-order valence-corrected chi connectivity index (χ3v) is 13.3. The smallest absolute Gasteiger partial charge is 0.408 e. The molecule has 4 heterocycles. The van der Waals surface area contributed by atoms with Gasteiger partial charge in [-0.05, 0) is 73.4 Å². The fourth-order valence-corrected chi connectivity index (χ4v) is 9.98. The average Bonchev–Trinajstić information content (AvgIpc) is 3.46. The van der Waals surface area contributed by atoms with Crippen LogP contribution in [0.4, 0.5) is 4.79 Å². The van der Waals surface area contributed by atoms with Gasteiger partial charge < -0.3 is 53.6 Å². The number of Topliss-reactive ketones (excluding diaryl/α,β-unsaturated/α-hetero) is 1. The van der Waals surface area contributed by atoms with E-state index in [1.165, 1.54) is 6.08 Å². The van der Waals surface area contributed by atoms with Crippen molar-refractivity contribution in [3.05, 3.63) is 12.7 Å². The van der Waals surface area contributed by atoms with Crippen LogP contribution >= 0.6 is 0 Å². The summed E-state index contributed by atoms with van der Waals surface area (Å²) in [5.41, 5.74) is -3.57. The first-order valence-corrected chi connectivity index (χ1v) is 21.1. The van der Waals surface area contributed by atoms with Gasteiger partial charge in [-0.15, -0.1) is 6.58 Å². The van der Waals surface area contributed by atoms with Gasteiger partial charge in [-0.25, -0.2) is 4.79 Å². The molecule has 4 saturated heterocycles. The fraction of sp³-hybridized carbons (Fsp3) is 0.860. The van der Waals surface area contributed by atoms with Gasteiger partial charge in [-0.3, -0.25) is 14.4 Å². The molecule has 60 heavy (non-hydrogen) atoms. The van der Waals surface area contributed by atoms with Crippen molar-refractivity contribution >= 4 is 23.8 Å². The van der Waals surface area contributed by atoms with E-state index in [9.17, 15) is 29.4 Å². The van der Waals surface area contributed by atoms with Gasteiger partial charge >= 0.3 is 18.0 Å². The summed E-state index contributed by atoms with van der Waals surface area (Å²) < 4.78 is 44.9. The largest absolute Gasteiger partial charge is 0.458 e. The van der Waals surface area contributed by atoms with Gasteiger partial charge in [0.15, 0.2) is 12.6 Å². The van der Waals surface area contributed by atoms with E-state index in [0.717, 1.165) is 0 Å². The van der Waals surface area contributed by atoms with E-state index in [0.29, 0.717) is 12.8 Å². The van der Waals surface area contributed by atoms with Crippen LogP contribution in [0.5, 0.6) is 0 Å². The number of nitrogens with zero attached hydrogens (tertiary/aromatic N) is 1. The Hall–Kier alpha value is 0.223. The SMILES string of the molecule is C=CCNC(=O)O[C@]1(C)C[C@@H](C)C(=O)C(C)C2CC(=O)O[C@]2(C)[C@@H](CC)OC(=O)[C@H](C)[C@@H](O[C@H]2CC(C)(C)[C@@H](O)[C@H](C)O2)[C@H](C)[C@H]1O[C@@H]1O[C@H](C)C[C@H](N(C)C)[C@H]1O.[Ac].[Ac]. The molecule has 0 aromatic heterocycles. The first kappa shape index (κ1) is 56.4. The fourth-order valence-electron chi connectivity index (χ4n) is 9.98. The number of ketones is 1. The molecule has 15 nitrogen and oxygen atoms in total. The van der Waals surface area contributed by atoms with Crippen LogP contribution in [-0.4, -0.2) is 132 Å². The van der Waals surface area contributed by atoms with E-state index < -0.39 is 113 Å². The number of carbonyl (C=O) groups is 4. The molecule has 4 aliphatic rings. The summed E-state index contributed by atoms with van der Waals surface area (Å²) in [6, 6.07) is -0.352. The van der Waals surface area contributed by atoms with Crippen LogP contribution in [0.1, 0.15) is 108 Å². The Morgan fingerprint density at radius 1 is 0.967 bits per heavy atom. The number of amides is 1. The molecule has 0 bridgehead atoms. The van der Waals surface area contributed by atoms with E-state index in [1.54, 1.807) is 48.5 Å². The minimum Gasteiger partial charge on any atom is -0.458 e. The minimum atomic E-state index is -1.64. The number of hydrogen-bond acceptors (Lipinski definition) is 14. The van der Waals surface area contributed by atoms with Crippen molar-refractivity contribution in [1.29, 1.82) is 0 Å². The molecule has 2 radical (unpaired) electrons. The molecule has 17 atom stereocenters. The van der Waals surface area contributed by atoms with Gasteiger partial charge in [-0.1, -0.05) is 47.6 Å². The number of cyclic esters (lactones) is 1. The number of likely N-dealkylation sites (N-methyl/N-ethyl adjacent to an activating group) is 1. The molecule has 3 N–H and O–H groups in total. The Bertz CT molecular complexity index is 1490. The van der Waals surface area contributed by atoms with Gasteiger partial charge in [0, 0.05) is 131 Å². The summed E-state index contributed by atoms with van der Waals surface area (Å²) in [6.45, 7) is 23.4. The van der Waals surface area contributed by atoms with Gasteiger partial charge in [0.25, 0.3) is 0 Å². The minimum absolute atomic E-state index is 0. The van der Waals surface area contributed by atoms with Crippen LogP contribution in [0.15, 0.2) is 12.7 Å². The first-order valence-electron chi connectivity index (χ1n) is 21.1. The predicted octanol–water partition coefficient (Wildman–Crippen LogP) is 4.54. The van der Waals surface area contributed by atoms with Crippen molar-refractivity contribution in [2.75, 3.05) is 20.6 Å². The number of hydrogen-bond donors (Lipinski definition) is 3. The van der Waals surface area contributed by atoms with Crippen molar-refractivity contribution in [3.63, 3.8) is 0 Å². The molecule has 17 heteroatoms. The number of aliphatic hydroxyl groups is 2. The third kappa shape index (κ3) is 12.8. The normalized spacial score (nSPS) is 42.6. The summed E-state index contributed by atoms with van der Waals surface area (Å²) >= 11 is 0. The standard InChI is InChI=1S/C43H72N2O13.2Ac/c1-15-17-44-40(51)58-42(11)20-22(3)33(47)24(5)28-19-31(46)57-43(28,12)30(16-2)54-38(50)26(7)35(55-32-21-41(9,10)36(49)27(8)53-32)25(6)37(42)56-39-34(48)29(45(13)14)18-23(4)52-39;;/h15,22-30,32,34-37,39,48-49H,1,16-21H2,2-14H3,(H,44,51);;/t22-,23-,24?,25+,26-,27+,28?,29+,30-,32+,34-,35+,36+,37-,39+,42-,43+;;/m1../s1. The van der Waals surface area contributed by atoms with E-state index in [4.69, 9.17) is 33.2 Å². The van der Waals surface area contributed by atoms with Crippen LogP contribution < -0.4 is 5.32 Å². The first-order chi connectivity index (χ1) is 26.9. The Balaban J connectivity index is 0.00000620. The van der Waals surface area contributed by atoms with Crippen LogP contribution in [0.2, 0.25) is 0 Å². The molecule has 4 aliphatic heterocycles.